The van der Waals surface area contributed by atoms with Gasteiger partial charge in [0.25, 0.3) is 0 Å². The molecule has 0 bridgehead atoms. The van der Waals surface area contributed by atoms with Gasteiger partial charge in [-0.2, -0.15) is 0 Å². The molecule has 0 amide bonds. The van der Waals surface area contributed by atoms with Gasteiger partial charge >= 0.3 is 0 Å². The molecule has 4 N–H and O–H groups in total. The van der Waals surface area contributed by atoms with Crippen LogP contribution in [0.5, 0.6) is 0 Å². The number of nitrogens with zero attached hydrogens (tertiary/aromatic N) is 2. The Hall–Kier alpha value is -1.62. The smallest absolute Gasteiger partial charge is 0.142 e. The van der Waals surface area contributed by atoms with Crippen LogP contribution in [0.2, 0.25) is 0 Å². The summed E-state index contributed by atoms with van der Waals surface area (Å²) in [6.45, 7) is 1.64. The molecule has 0 saturated carbocycles. The number of hydrogen-bond acceptors (Lipinski definition) is 4. The van der Waals surface area contributed by atoms with E-state index < -0.39 is 0 Å². The van der Waals surface area contributed by atoms with Gasteiger partial charge in [-0.1, -0.05) is 0 Å². The molecule has 80 valence electrons. The Morgan fingerprint density at radius 1 is 1.33 bits per heavy atom. The van der Waals surface area contributed by atoms with E-state index >= 15 is 0 Å². The minimum atomic E-state index is 0.741. The highest BCUT2D eigenvalue weighted by atomic mass is 15.0. The first kappa shape index (κ1) is 9.92. The maximum atomic E-state index is 5.42. The molecule has 0 unspecified atom stereocenters. The van der Waals surface area contributed by atoms with E-state index in [-0.39, 0.29) is 0 Å². The van der Waals surface area contributed by atoms with Gasteiger partial charge in [-0.15, -0.1) is 0 Å². The Kier molecular flexibility index (Phi) is 3.14. The lowest BCUT2D eigenvalue weighted by Gasteiger charge is -2.05. The standard InChI is InChI=1S/C10H15N5/c11-4-1-2-5-12-9-8-3-6-13-10(8)15-7-14-9/h3,6-7H,1-2,4-5,11H2,(H2,12,13,14,15). The van der Waals surface area contributed by atoms with Gasteiger partial charge in [0, 0.05) is 12.7 Å². The number of anilines is 1. The van der Waals surface area contributed by atoms with E-state index in [9.17, 15) is 0 Å². The van der Waals surface area contributed by atoms with Crippen LogP contribution >= 0.6 is 0 Å². The zero-order valence-corrected chi connectivity index (χ0v) is 8.53. The quantitative estimate of drug-likeness (QED) is 0.639. The van der Waals surface area contributed by atoms with E-state index in [2.05, 4.69) is 20.3 Å². The van der Waals surface area contributed by atoms with Crippen molar-refractivity contribution in [3.63, 3.8) is 0 Å². The highest BCUT2D eigenvalue weighted by Gasteiger charge is 2.02. The summed E-state index contributed by atoms with van der Waals surface area (Å²) < 4.78 is 0. The lowest BCUT2D eigenvalue weighted by Crippen LogP contribution is -2.07. The topological polar surface area (TPSA) is 79.6 Å². The summed E-state index contributed by atoms with van der Waals surface area (Å²) in [6.07, 6.45) is 5.52. The molecule has 5 heteroatoms. The molecule has 0 spiro atoms. The van der Waals surface area contributed by atoms with E-state index in [1.165, 1.54) is 0 Å². The average Bonchev–Trinajstić information content (AvgIpc) is 2.73. The van der Waals surface area contributed by atoms with Crippen molar-refractivity contribution in [3.8, 4) is 0 Å². The van der Waals surface area contributed by atoms with Crippen LogP contribution in [-0.4, -0.2) is 28.0 Å². The largest absolute Gasteiger partial charge is 0.369 e. The van der Waals surface area contributed by atoms with Crippen molar-refractivity contribution in [2.75, 3.05) is 18.4 Å². The molecule has 0 atom stereocenters. The minimum absolute atomic E-state index is 0.741. The molecule has 0 aliphatic carbocycles. The number of rotatable bonds is 5. The summed E-state index contributed by atoms with van der Waals surface area (Å²) in [4.78, 5) is 11.4. The average molecular weight is 205 g/mol. The van der Waals surface area contributed by atoms with Crippen molar-refractivity contribution in [2.45, 2.75) is 12.8 Å². The van der Waals surface area contributed by atoms with Crippen LogP contribution in [0.15, 0.2) is 18.6 Å². The molecule has 15 heavy (non-hydrogen) atoms. The Morgan fingerprint density at radius 2 is 2.27 bits per heavy atom. The van der Waals surface area contributed by atoms with Gasteiger partial charge < -0.3 is 16.0 Å². The Morgan fingerprint density at radius 3 is 3.13 bits per heavy atom. The van der Waals surface area contributed by atoms with E-state index in [1.54, 1.807) is 6.33 Å². The molecular weight excluding hydrogens is 190 g/mol. The summed E-state index contributed by atoms with van der Waals surface area (Å²) in [5, 5.41) is 4.31. The highest BCUT2D eigenvalue weighted by Crippen LogP contribution is 2.16. The fraction of sp³-hybridized carbons (Fsp3) is 0.400. The van der Waals surface area contributed by atoms with E-state index in [0.717, 1.165) is 42.8 Å². The third-order valence-electron chi connectivity index (χ3n) is 2.28. The SMILES string of the molecule is NCCCCNc1ncnc2[nH]ccc12. The lowest BCUT2D eigenvalue weighted by molar-refractivity contribution is 0.773. The summed E-state index contributed by atoms with van der Waals surface area (Å²) in [5.41, 5.74) is 6.29. The van der Waals surface area contributed by atoms with Gasteiger partial charge in [0.1, 0.15) is 17.8 Å². The summed E-state index contributed by atoms with van der Waals surface area (Å²) in [5.74, 6) is 0.887. The fourth-order valence-electron chi connectivity index (χ4n) is 1.49. The monoisotopic (exact) mass is 205 g/mol. The Balaban J connectivity index is 2.04. The van der Waals surface area contributed by atoms with Crippen molar-refractivity contribution in [3.05, 3.63) is 18.6 Å². The predicted molar refractivity (Wildman–Crippen MR) is 60.7 cm³/mol. The van der Waals surface area contributed by atoms with Crippen LogP contribution in [0.3, 0.4) is 0 Å². The molecule has 0 radical (unpaired) electrons. The van der Waals surface area contributed by atoms with Crippen LogP contribution in [-0.2, 0) is 0 Å². The number of aromatic nitrogens is 3. The second-order valence-corrected chi connectivity index (χ2v) is 3.38. The Bertz CT molecular complexity index is 422. The van der Waals surface area contributed by atoms with Crippen molar-refractivity contribution in [1.29, 1.82) is 0 Å². The first-order valence-electron chi connectivity index (χ1n) is 5.14. The van der Waals surface area contributed by atoms with Gasteiger partial charge in [0.15, 0.2) is 0 Å². The molecule has 0 aliphatic heterocycles. The number of aromatic amines is 1. The van der Waals surface area contributed by atoms with Crippen molar-refractivity contribution < 1.29 is 0 Å². The van der Waals surface area contributed by atoms with Gasteiger partial charge in [0.2, 0.25) is 0 Å². The first-order chi connectivity index (χ1) is 7.42. The molecule has 2 aromatic heterocycles. The number of hydrogen-bond donors (Lipinski definition) is 3. The lowest BCUT2D eigenvalue weighted by atomic mass is 10.3. The van der Waals surface area contributed by atoms with Gasteiger partial charge in [-0.25, -0.2) is 9.97 Å². The van der Waals surface area contributed by atoms with Gasteiger partial charge in [0.05, 0.1) is 5.39 Å². The zero-order valence-electron chi connectivity index (χ0n) is 8.53. The fourth-order valence-corrected chi connectivity index (χ4v) is 1.49. The van der Waals surface area contributed by atoms with Crippen LogP contribution < -0.4 is 11.1 Å². The van der Waals surface area contributed by atoms with Crippen LogP contribution in [0.1, 0.15) is 12.8 Å². The molecule has 0 aromatic carbocycles. The zero-order chi connectivity index (χ0) is 10.5. The summed E-state index contributed by atoms with van der Waals surface area (Å²) in [7, 11) is 0. The second kappa shape index (κ2) is 4.75. The highest BCUT2D eigenvalue weighted by molar-refractivity contribution is 5.86. The minimum Gasteiger partial charge on any atom is -0.369 e. The predicted octanol–water partition coefficient (Wildman–Crippen LogP) is 1.11. The number of H-pyrrole nitrogens is 1. The molecule has 2 rings (SSSR count). The number of fused-ring (bicyclic) bond motifs is 1. The first-order valence-corrected chi connectivity index (χ1v) is 5.14. The molecule has 0 saturated heterocycles. The maximum absolute atomic E-state index is 5.42. The normalized spacial score (nSPS) is 10.7. The third kappa shape index (κ3) is 2.24. The molecule has 0 fully saturated rings. The van der Waals surface area contributed by atoms with E-state index in [0.29, 0.717) is 0 Å². The number of nitrogens with two attached hydrogens (primary N) is 1. The number of nitrogens with one attached hydrogen (secondary N) is 2. The Labute approximate surface area is 88.1 Å². The summed E-state index contributed by atoms with van der Waals surface area (Å²) in [6, 6.07) is 1.97. The van der Waals surface area contributed by atoms with Crippen LogP contribution in [0.4, 0.5) is 5.82 Å². The number of unbranched alkanes of at least 4 members (excludes halogenated alkanes) is 1. The molecule has 2 aromatic rings. The molecule has 2 heterocycles. The van der Waals surface area contributed by atoms with Crippen molar-refractivity contribution >= 4 is 16.9 Å². The second-order valence-electron chi connectivity index (χ2n) is 3.38. The van der Waals surface area contributed by atoms with Gasteiger partial charge in [-0.3, -0.25) is 0 Å². The van der Waals surface area contributed by atoms with Crippen LogP contribution in [0.25, 0.3) is 11.0 Å². The maximum Gasteiger partial charge on any atom is 0.142 e. The van der Waals surface area contributed by atoms with E-state index in [1.807, 2.05) is 12.3 Å². The van der Waals surface area contributed by atoms with Crippen molar-refractivity contribution in [1.82, 2.24) is 15.0 Å². The van der Waals surface area contributed by atoms with Crippen molar-refractivity contribution in [2.24, 2.45) is 5.73 Å². The van der Waals surface area contributed by atoms with Gasteiger partial charge in [-0.05, 0) is 25.5 Å². The summed E-state index contributed by atoms with van der Waals surface area (Å²) >= 11 is 0. The molecule has 0 aliphatic rings. The van der Waals surface area contributed by atoms with E-state index in [4.69, 9.17) is 5.73 Å². The van der Waals surface area contributed by atoms with Crippen LogP contribution in [0, 0.1) is 0 Å². The molecular formula is C10H15N5. The molecule has 5 nitrogen and oxygen atoms in total. The third-order valence-corrected chi connectivity index (χ3v) is 2.28.